The number of benzene rings is 5. The van der Waals surface area contributed by atoms with Crippen LogP contribution in [0.15, 0.2) is 138 Å². The van der Waals surface area contributed by atoms with Gasteiger partial charge in [-0.2, -0.15) is 0 Å². The Morgan fingerprint density at radius 3 is 1.80 bits per heavy atom. The summed E-state index contributed by atoms with van der Waals surface area (Å²) >= 11 is 0. The van der Waals surface area contributed by atoms with Crippen LogP contribution in [0.5, 0.6) is 0 Å². The monoisotopic (exact) mass is 560 g/mol. The van der Waals surface area contributed by atoms with E-state index in [2.05, 4.69) is 41.2 Å². The molecule has 5 nitrogen and oxygen atoms in total. The Hall–Kier alpha value is -4.52. The van der Waals surface area contributed by atoms with E-state index in [9.17, 15) is 13.2 Å². The fourth-order valence-corrected chi connectivity index (χ4v) is 6.06. The van der Waals surface area contributed by atoms with Gasteiger partial charge in [0.05, 0.1) is 10.9 Å². The SMILES string of the molecule is Cc1ccc(-c2ccccc2S(=O)(=O)NC(=O)c2ccc(C(NC(C)c3ccccc3)c3ccccc3)cc2)cc1. The lowest BCUT2D eigenvalue weighted by Gasteiger charge is -2.25. The van der Waals surface area contributed by atoms with E-state index in [1.807, 2.05) is 79.7 Å². The highest BCUT2D eigenvalue weighted by Gasteiger charge is 2.23. The summed E-state index contributed by atoms with van der Waals surface area (Å²) in [6.45, 7) is 4.09. The Labute approximate surface area is 242 Å². The largest absolute Gasteiger partial charge is 0.300 e. The van der Waals surface area contributed by atoms with Gasteiger partial charge in [0.2, 0.25) is 0 Å². The molecule has 5 aromatic carbocycles. The fraction of sp³-hybridized carbons (Fsp3) is 0.114. The van der Waals surface area contributed by atoms with E-state index in [4.69, 9.17) is 0 Å². The molecule has 6 heteroatoms. The fourth-order valence-electron chi connectivity index (χ4n) is 4.85. The van der Waals surface area contributed by atoms with Crippen LogP contribution >= 0.6 is 0 Å². The third kappa shape index (κ3) is 6.62. The van der Waals surface area contributed by atoms with E-state index in [1.54, 1.807) is 30.3 Å². The molecule has 0 heterocycles. The predicted octanol–water partition coefficient (Wildman–Crippen LogP) is 7.22. The van der Waals surface area contributed by atoms with Crippen LogP contribution in [0.25, 0.3) is 11.1 Å². The number of sulfonamides is 1. The molecule has 2 N–H and O–H groups in total. The molecule has 0 aliphatic rings. The summed E-state index contributed by atoms with van der Waals surface area (Å²) in [6, 6.07) is 41.6. The van der Waals surface area contributed by atoms with Gasteiger partial charge in [0.1, 0.15) is 0 Å². The summed E-state index contributed by atoms with van der Waals surface area (Å²) in [5.74, 6) is -0.683. The van der Waals surface area contributed by atoms with Gasteiger partial charge < -0.3 is 0 Å². The highest BCUT2D eigenvalue weighted by molar-refractivity contribution is 7.90. The molecule has 0 saturated carbocycles. The Morgan fingerprint density at radius 1 is 0.634 bits per heavy atom. The molecule has 0 aromatic heterocycles. The van der Waals surface area contributed by atoms with Crippen molar-refractivity contribution in [1.29, 1.82) is 0 Å². The maximum absolute atomic E-state index is 13.4. The minimum absolute atomic E-state index is 0.0528. The van der Waals surface area contributed by atoms with Crippen LogP contribution in [0.1, 0.15) is 51.6 Å². The maximum Gasteiger partial charge on any atom is 0.264 e. The Balaban J connectivity index is 1.38. The third-order valence-electron chi connectivity index (χ3n) is 7.12. The molecular weight excluding hydrogens is 528 g/mol. The lowest BCUT2D eigenvalue weighted by molar-refractivity contribution is 0.0981. The zero-order valence-electron chi connectivity index (χ0n) is 23.0. The smallest absolute Gasteiger partial charge is 0.264 e. The average Bonchev–Trinajstić information content (AvgIpc) is 3.01. The van der Waals surface area contributed by atoms with E-state index in [0.29, 0.717) is 5.56 Å². The number of amides is 1. The predicted molar refractivity (Wildman–Crippen MR) is 164 cm³/mol. The van der Waals surface area contributed by atoms with Crippen molar-refractivity contribution in [2.75, 3.05) is 0 Å². The molecule has 0 aliphatic carbocycles. The molecule has 2 unspecified atom stereocenters. The van der Waals surface area contributed by atoms with Crippen molar-refractivity contribution in [1.82, 2.24) is 10.0 Å². The Kier molecular flexibility index (Phi) is 8.43. The molecule has 1 amide bonds. The second-order valence-electron chi connectivity index (χ2n) is 10.1. The van der Waals surface area contributed by atoms with E-state index in [-0.39, 0.29) is 22.5 Å². The second-order valence-corrected chi connectivity index (χ2v) is 11.7. The van der Waals surface area contributed by atoms with Gasteiger partial charge in [-0.3, -0.25) is 10.1 Å². The molecule has 41 heavy (non-hydrogen) atoms. The van der Waals surface area contributed by atoms with Crippen molar-refractivity contribution in [3.05, 3.63) is 161 Å². The molecule has 0 bridgehead atoms. The van der Waals surface area contributed by atoms with E-state index in [1.165, 1.54) is 11.6 Å². The highest BCUT2D eigenvalue weighted by Crippen LogP contribution is 2.29. The Morgan fingerprint density at radius 2 is 1.17 bits per heavy atom. The van der Waals surface area contributed by atoms with Gasteiger partial charge >= 0.3 is 0 Å². The summed E-state index contributed by atoms with van der Waals surface area (Å²) in [4.78, 5) is 13.2. The van der Waals surface area contributed by atoms with Crippen LogP contribution in [0, 0.1) is 6.92 Å². The van der Waals surface area contributed by atoms with Gasteiger partial charge in [0, 0.05) is 17.2 Å². The number of hydrogen-bond acceptors (Lipinski definition) is 4. The minimum Gasteiger partial charge on any atom is -0.300 e. The van der Waals surface area contributed by atoms with Crippen LogP contribution < -0.4 is 10.0 Å². The third-order valence-corrected chi connectivity index (χ3v) is 8.51. The first kappa shape index (κ1) is 28.0. The van der Waals surface area contributed by atoms with Gasteiger partial charge in [0.25, 0.3) is 15.9 Å². The standard InChI is InChI=1S/C35H32N2O3S/c1-25-17-19-28(20-18-25)32-15-9-10-16-33(32)41(39,40)37-35(38)31-23-21-30(22-24-31)34(29-13-7-4-8-14-29)36-26(2)27-11-5-3-6-12-27/h3-24,26,34,36H,1-2H3,(H,37,38). The molecule has 0 aliphatic heterocycles. The highest BCUT2D eigenvalue weighted by atomic mass is 32.2. The molecule has 206 valence electrons. The molecule has 0 fully saturated rings. The molecule has 2 atom stereocenters. The first-order valence-corrected chi connectivity index (χ1v) is 15.0. The van der Waals surface area contributed by atoms with Crippen molar-refractivity contribution < 1.29 is 13.2 Å². The topological polar surface area (TPSA) is 75.3 Å². The zero-order chi connectivity index (χ0) is 28.8. The van der Waals surface area contributed by atoms with Crippen LogP contribution in [-0.4, -0.2) is 14.3 Å². The second kappa shape index (κ2) is 12.3. The van der Waals surface area contributed by atoms with Gasteiger partial charge in [-0.15, -0.1) is 0 Å². The molecule has 0 spiro atoms. The van der Waals surface area contributed by atoms with Crippen LogP contribution in [0.2, 0.25) is 0 Å². The summed E-state index contributed by atoms with van der Waals surface area (Å²) < 4.78 is 29.0. The van der Waals surface area contributed by atoms with Crippen molar-refractivity contribution >= 4 is 15.9 Å². The number of rotatable bonds is 9. The first-order chi connectivity index (χ1) is 19.8. The lowest BCUT2D eigenvalue weighted by atomic mass is 9.96. The van der Waals surface area contributed by atoms with Gasteiger partial charge in [-0.05, 0) is 54.3 Å². The lowest BCUT2D eigenvalue weighted by Crippen LogP contribution is -2.31. The number of aryl methyl sites for hydroxylation is 1. The van der Waals surface area contributed by atoms with Gasteiger partial charge in [0.15, 0.2) is 0 Å². The van der Waals surface area contributed by atoms with Crippen molar-refractivity contribution in [2.45, 2.75) is 30.8 Å². The minimum atomic E-state index is -4.12. The number of carbonyl (C=O) groups excluding carboxylic acids is 1. The molecule has 0 saturated heterocycles. The maximum atomic E-state index is 13.4. The molecular formula is C35H32N2O3S. The number of hydrogen-bond donors (Lipinski definition) is 2. The van der Waals surface area contributed by atoms with Crippen molar-refractivity contribution in [3.8, 4) is 11.1 Å². The molecule has 0 radical (unpaired) electrons. The van der Waals surface area contributed by atoms with Gasteiger partial charge in [-0.25, -0.2) is 13.1 Å². The molecule has 5 aromatic rings. The summed E-state index contributed by atoms with van der Waals surface area (Å²) in [6.07, 6.45) is 0. The Bertz CT molecular complexity index is 1720. The van der Waals surface area contributed by atoms with Crippen molar-refractivity contribution in [3.63, 3.8) is 0 Å². The van der Waals surface area contributed by atoms with Crippen LogP contribution in [0.4, 0.5) is 0 Å². The normalized spacial score (nSPS) is 12.8. The average molecular weight is 561 g/mol. The van der Waals surface area contributed by atoms with E-state index >= 15 is 0 Å². The summed E-state index contributed by atoms with van der Waals surface area (Å²) in [7, 11) is -4.12. The summed E-state index contributed by atoms with van der Waals surface area (Å²) in [5.41, 5.74) is 5.84. The molecule has 5 rings (SSSR count). The van der Waals surface area contributed by atoms with Crippen LogP contribution in [-0.2, 0) is 10.0 Å². The number of carbonyl (C=O) groups is 1. The quantitative estimate of drug-likeness (QED) is 0.200. The van der Waals surface area contributed by atoms with E-state index < -0.39 is 15.9 Å². The van der Waals surface area contributed by atoms with Crippen LogP contribution in [0.3, 0.4) is 0 Å². The first-order valence-electron chi connectivity index (χ1n) is 13.5. The van der Waals surface area contributed by atoms with Crippen molar-refractivity contribution in [2.24, 2.45) is 0 Å². The number of nitrogens with one attached hydrogen (secondary N) is 2. The zero-order valence-corrected chi connectivity index (χ0v) is 23.8. The van der Waals surface area contributed by atoms with Gasteiger partial charge in [-0.1, -0.05) is 121 Å². The van der Waals surface area contributed by atoms with E-state index in [0.717, 1.165) is 22.3 Å². The summed E-state index contributed by atoms with van der Waals surface area (Å²) in [5, 5.41) is 3.70.